The van der Waals surface area contributed by atoms with E-state index < -0.39 is 0 Å². The largest absolute Gasteiger partial charge is 0.298 e. The molecule has 0 saturated heterocycles. The molecular weight excluding hydrogens is 359 g/mol. The number of nitrogens with zero attached hydrogens (tertiary/aromatic N) is 1. The summed E-state index contributed by atoms with van der Waals surface area (Å²) < 4.78 is 1.04. The zero-order chi connectivity index (χ0) is 13.1. The highest BCUT2D eigenvalue weighted by atomic mass is 127. The molecule has 0 atom stereocenters. The molecule has 1 aromatic heterocycles. The van der Waals surface area contributed by atoms with Crippen LogP contribution in [-0.2, 0) is 0 Å². The van der Waals surface area contributed by atoms with Crippen molar-refractivity contribution in [2.45, 2.75) is 19.8 Å². The smallest absolute Gasteiger partial charge is 0.257 e. The van der Waals surface area contributed by atoms with Crippen LogP contribution >= 0.6 is 33.9 Å². The minimum Gasteiger partial charge on any atom is -0.298 e. The summed E-state index contributed by atoms with van der Waals surface area (Å²) in [6.07, 6.45) is 1.82. The van der Waals surface area contributed by atoms with Crippen LogP contribution in [0.15, 0.2) is 30.5 Å². The summed E-state index contributed by atoms with van der Waals surface area (Å²) in [6.45, 7) is 4.22. The summed E-state index contributed by atoms with van der Waals surface area (Å²) in [7, 11) is 0. The molecule has 5 heteroatoms. The second-order valence-electron chi connectivity index (χ2n) is 4.19. The van der Waals surface area contributed by atoms with Gasteiger partial charge in [0, 0.05) is 20.2 Å². The Morgan fingerprint density at radius 1 is 1.44 bits per heavy atom. The van der Waals surface area contributed by atoms with Gasteiger partial charge < -0.3 is 0 Å². The first-order chi connectivity index (χ1) is 8.56. The summed E-state index contributed by atoms with van der Waals surface area (Å²) in [6, 6.07) is 7.48. The molecule has 18 heavy (non-hydrogen) atoms. The number of benzene rings is 1. The number of aromatic nitrogens is 1. The van der Waals surface area contributed by atoms with Gasteiger partial charge in [-0.2, -0.15) is 0 Å². The molecule has 0 aliphatic heterocycles. The minimum atomic E-state index is -0.113. The average Bonchev–Trinajstić information content (AvgIpc) is 2.77. The molecular formula is C13H13IN2OS. The van der Waals surface area contributed by atoms with Crippen molar-refractivity contribution in [2.24, 2.45) is 0 Å². The standard InChI is InChI=1S/C13H13IN2OS/c1-8(2)11-7-15-13(18-11)16-12(17)9-4-3-5-10(14)6-9/h3-8H,1-2H3,(H,15,16,17). The molecule has 1 heterocycles. The summed E-state index contributed by atoms with van der Waals surface area (Å²) in [5.74, 6) is 0.323. The van der Waals surface area contributed by atoms with Gasteiger partial charge in [0.15, 0.2) is 5.13 Å². The third kappa shape index (κ3) is 3.29. The highest BCUT2D eigenvalue weighted by Crippen LogP contribution is 2.25. The van der Waals surface area contributed by atoms with Gasteiger partial charge in [0.1, 0.15) is 0 Å². The molecule has 0 radical (unpaired) electrons. The lowest BCUT2D eigenvalue weighted by atomic mass is 10.2. The van der Waals surface area contributed by atoms with Gasteiger partial charge in [-0.1, -0.05) is 19.9 Å². The van der Waals surface area contributed by atoms with Crippen LogP contribution in [0.2, 0.25) is 0 Å². The predicted octanol–water partition coefficient (Wildman–Crippen LogP) is 4.12. The van der Waals surface area contributed by atoms with Gasteiger partial charge in [0.2, 0.25) is 0 Å². The first kappa shape index (κ1) is 13.5. The molecule has 1 N–H and O–H groups in total. The van der Waals surface area contributed by atoms with E-state index in [1.54, 1.807) is 6.07 Å². The lowest BCUT2D eigenvalue weighted by Gasteiger charge is -2.02. The lowest BCUT2D eigenvalue weighted by molar-refractivity contribution is 0.102. The topological polar surface area (TPSA) is 42.0 Å². The van der Waals surface area contributed by atoms with Gasteiger partial charge in [0.25, 0.3) is 5.91 Å². The van der Waals surface area contributed by atoms with Crippen LogP contribution in [-0.4, -0.2) is 10.9 Å². The Labute approximate surface area is 124 Å². The molecule has 1 amide bonds. The van der Waals surface area contributed by atoms with Crippen LogP contribution in [0.1, 0.15) is 35.0 Å². The monoisotopic (exact) mass is 372 g/mol. The zero-order valence-electron chi connectivity index (χ0n) is 10.1. The molecule has 0 aliphatic rings. The molecule has 0 spiro atoms. The fourth-order valence-electron chi connectivity index (χ4n) is 1.41. The molecule has 2 aromatic rings. The second kappa shape index (κ2) is 5.79. The Hall–Kier alpha value is -0.950. The number of amides is 1. The number of nitrogens with one attached hydrogen (secondary N) is 1. The Morgan fingerprint density at radius 2 is 2.22 bits per heavy atom. The maximum atomic E-state index is 12.0. The Balaban J connectivity index is 2.11. The Morgan fingerprint density at radius 3 is 2.83 bits per heavy atom. The highest BCUT2D eigenvalue weighted by molar-refractivity contribution is 14.1. The molecule has 0 saturated carbocycles. The SMILES string of the molecule is CC(C)c1cnc(NC(=O)c2cccc(I)c2)s1. The lowest BCUT2D eigenvalue weighted by Crippen LogP contribution is -2.11. The number of hydrogen-bond donors (Lipinski definition) is 1. The molecule has 0 fully saturated rings. The average molecular weight is 372 g/mol. The van der Waals surface area contributed by atoms with E-state index in [0.29, 0.717) is 16.6 Å². The molecule has 0 bridgehead atoms. The first-order valence-corrected chi connectivity index (χ1v) is 7.48. The van der Waals surface area contributed by atoms with Crippen molar-refractivity contribution in [2.75, 3.05) is 5.32 Å². The Bertz CT molecular complexity index is 566. The number of carbonyl (C=O) groups is 1. The highest BCUT2D eigenvalue weighted by Gasteiger charge is 2.10. The van der Waals surface area contributed by atoms with Gasteiger partial charge in [-0.05, 0) is 46.7 Å². The van der Waals surface area contributed by atoms with Crippen LogP contribution < -0.4 is 5.32 Å². The van der Waals surface area contributed by atoms with Crippen LogP contribution in [0.25, 0.3) is 0 Å². The number of halogens is 1. The summed E-state index contributed by atoms with van der Waals surface area (Å²) in [5.41, 5.74) is 0.656. The Kier molecular flexibility index (Phi) is 4.34. The van der Waals surface area contributed by atoms with Crippen molar-refractivity contribution >= 4 is 45.0 Å². The second-order valence-corrected chi connectivity index (χ2v) is 6.49. The fourth-order valence-corrected chi connectivity index (χ4v) is 2.77. The van der Waals surface area contributed by atoms with Crippen LogP contribution in [0.5, 0.6) is 0 Å². The quantitative estimate of drug-likeness (QED) is 0.824. The molecule has 0 unspecified atom stereocenters. The van der Waals surface area contributed by atoms with E-state index in [1.165, 1.54) is 16.2 Å². The van der Waals surface area contributed by atoms with Gasteiger partial charge in [0.05, 0.1) is 0 Å². The third-order valence-electron chi connectivity index (χ3n) is 2.40. The third-order valence-corrected chi connectivity index (χ3v) is 4.28. The van der Waals surface area contributed by atoms with Crippen LogP contribution in [0, 0.1) is 3.57 Å². The fraction of sp³-hybridized carbons (Fsp3) is 0.231. The van der Waals surface area contributed by atoms with Crippen molar-refractivity contribution in [3.63, 3.8) is 0 Å². The van der Waals surface area contributed by atoms with E-state index in [1.807, 2.05) is 24.4 Å². The maximum Gasteiger partial charge on any atom is 0.257 e. The van der Waals surface area contributed by atoms with E-state index in [4.69, 9.17) is 0 Å². The van der Waals surface area contributed by atoms with Crippen LogP contribution in [0.3, 0.4) is 0 Å². The van der Waals surface area contributed by atoms with E-state index in [0.717, 1.165) is 3.57 Å². The van der Waals surface area contributed by atoms with Crippen molar-refractivity contribution in [3.05, 3.63) is 44.5 Å². The molecule has 2 rings (SSSR count). The number of hydrogen-bond acceptors (Lipinski definition) is 3. The van der Waals surface area contributed by atoms with E-state index in [9.17, 15) is 4.79 Å². The number of carbonyl (C=O) groups excluding carboxylic acids is 1. The van der Waals surface area contributed by atoms with Crippen LogP contribution in [0.4, 0.5) is 5.13 Å². The zero-order valence-corrected chi connectivity index (χ0v) is 13.1. The predicted molar refractivity (Wildman–Crippen MR) is 83.3 cm³/mol. The van der Waals surface area contributed by atoms with Crippen molar-refractivity contribution in [1.82, 2.24) is 4.98 Å². The normalized spacial score (nSPS) is 10.7. The summed E-state index contributed by atoms with van der Waals surface area (Å²) in [4.78, 5) is 17.4. The van der Waals surface area contributed by atoms with Crippen molar-refractivity contribution in [1.29, 1.82) is 0 Å². The molecule has 0 aliphatic carbocycles. The van der Waals surface area contributed by atoms with Crippen molar-refractivity contribution in [3.8, 4) is 0 Å². The molecule has 94 valence electrons. The van der Waals surface area contributed by atoms with E-state index in [2.05, 4.69) is 46.7 Å². The molecule has 3 nitrogen and oxygen atoms in total. The van der Waals surface area contributed by atoms with E-state index in [-0.39, 0.29) is 5.91 Å². The number of rotatable bonds is 3. The maximum absolute atomic E-state index is 12.0. The molecule has 1 aromatic carbocycles. The first-order valence-electron chi connectivity index (χ1n) is 5.59. The van der Waals surface area contributed by atoms with Gasteiger partial charge >= 0.3 is 0 Å². The van der Waals surface area contributed by atoms with Gasteiger partial charge in [-0.25, -0.2) is 4.98 Å². The minimum absolute atomic E-state index is 0.113. The van der Waals surface area contributed by atoms with Gasteiger partial charge in [-0.15, -0.1) is 11.3 Å². The number of thiazole rings is 1. The summed E-state index contributed by atoms with van der Waals surface area (Å²) in [5, 5.41) is 3.48. The van der Waals surface area contributed by atoms with E-state index >= 15 is 0 Å². The summed E-state index contributed by atoms with van der Waals surface area (Å²) >= 11 is 3.71. The van der Waals surface area contributed by atoms with Gasteiger partial charge in [-0.3, -0.25) is 10.1 Å². The number of anilines is 1. The van der Waals surface area contributed by atoms with Crippen molar-refractivity contribution < 1.29 is 4.79 Å².